The van der Waals surface area contributed by atoms with Crippen molar-refractivity contribution in [3.63, 3.8) is 0 Å². The number of aromatic carboxylic acids is 1. The average molecular weight is 246 g/mol. The third-order valence-corrected chi connectivity index (χ3v) is 2.91. The molecule has 0 aliphatic carbocycles. The van der Waals surface area contributed by atoms with Crippen molar-refractivity contribution in [1.29, 1.82) is 0 Å². The molecule has 0 aliphatic rings. The van der Waals surface area contributed by atoms with E-state index in [1.807, 2.05) is 26.0 Å². The van der Waals surface area contributed by atoms with Crippen LogP contribution in [0.25, 0.3) is 10.9 Å². The van der Waals surface area contributed by atoms with Gasteiger partial charge in [0.25, 0.3) is 0 Å². The molecule has 2 aromatic rings. The van der Waals surface area contributed by atoms with Gasteiger partial charge in [-0.2, -0.15) is 0 Å². The van der Waals surface area contributed by atoms with Crippen molar-refractivity contribution in [2.75, 3.05) is 7.11 Å². The fourth-order valence-electron chi connectivity index (χ4n) is 2.04. The molecular weight excluding hydrogens is 232 g/mol. The van der Waals surface area contributed by atoms with Crippen LogP contribution in [-0.4, -0.2) is 29.4 Å². The number of nitrogens with one attached hydrogen (secondary N) is 1. The van der Waals surface area contributed by atoms with Crippen LogP contribution in [-0.2, 0) is 4.84 Å². The number of nitrogens with zero attached hydrogens (tertiary/aromatic N) is 1. The van der Waals surface area contributed by atoms with E-state index in [0.29, 0.717) is 5.56 Å². The molecule has 0 fully saturated rings. The summed E-state index contributed by atoms with van der Waals surface area (Å²) in [6.45, 7) is 3.87. The standard InChI is InChI=1S/C13H14N2O3/c1-7-4-5-8(2)11-10(7)9(6-14-18-3)12(15-11)13(16)17/h4-6,15H,1-3H3,(H,16,17). The summed E-state index contributed by atoms with van der Waals surface area (Å²) in [5.41, 5.74) is 3.49. The van der Waals surface area contributed by atoms with Gasteiger partial charge in [-0.3, -0.25) is 0 Å². The largest absolute Gasteiger partial charge is 0.477 e. The van der Waals surface area contributed by atoms with Crippen LogP contribution in [0.2, 0.25) is 0 Å². The summed E-state index contributed by atoms with van der Waals surface area (Å²) in [6.07, 6.45) is 1.43. The third-order valence-electron chi connectivity index (χ3n) is 2.91. The van der Waals surface area contributed by atoms with E-state index in [4.69, 9.17) is 0 Å². The van der Waals surface area contributed by atoms with Crippen LogP contribution in [0.5, 0.6) is 0 Å². The van der Waals surface area contributed by atoms with Gasteiger partial charge in [0.15, 0.2) is 0 Å². The van der Waals surface area contributed by atoms with Gasteiger partial charge in [-0.15, -0.1) is 0 Å². The first-order valence-electron chi connectivity index (χ1n) is 5.48. The number of aromatic amines is 1. The van der Waals surface area contributed by atoms with Gasteiger partial charge in [0.1, 0.15) is 12.8 Å². The molecule has 1 heterocycles. The zero-order valence-corrected chi connectivity index (χ0v) is 10.4. The molecule has 2 N–H and O–H groups in total. The maximum absolute atomic E-state index is 11.2. The Balaban J connectivity index is 2.85. The Morgan fingerprint density at radius 3 is 2.67 bits per heavy atom. The van der Waals surface area contributed by atoms with Crippen molar-refractivity contribution >= 4 is 23.1 Å². The molecule has 1 aromatic heterocycles. The van der Waals surface area contributed by atoms with Crippen molar-refractivity contribution in [2.45, 2.75) is 13.8 Å². The van der Waals surface area contributed by atoms with Gasteiger partial charge in [-0.1, -0.05) is 17.3 Å². The Bertz CT molecular complexity index is 641. The maximum atomic E-state index is 11.2. The molecule has 0 radical (unpaired) electrons. The van der Waals surface area contributed by atoms with Gasteiger partial charge in [0.05, 0.1) is 6.21 Å². The van der Waals surface area contributed by atoms with E-state index in [9.17, 15) is 9.90 Å². The number of aromatic nitrogens is 1. The quantitative estimate of drug-likeness (QED) is 0.645. The number of fused-ring (bicyclic) bond motifs is 1. The summed E-state index contributed by atoms with van der Waals surface area (Å²) >= 11 is 0. The number of oxime groups is 1. The van der Waals surface area contributed by atoms with Gasteiger partial charge in [0, 0.05) is 16.5 Å². The highest BCUT2D eigenvalue weighted by atomic mass is 16.6. The molecule has 5 heteroatoms. The van der Waals surface area contributed by atoms with Gasteiger partial charge >= 0.3 is 5.97 Å². The van der Waals surface area contributed by atoms with Crippen LogP contribution >= 0.6 is 0 Å². The molecule has 18 heavy (non-hydrogen) atoms. The number of H-pyrrole nitrogens is 1. The molecule has 0 saturated carbocycles. The van der Waals surface area contributed by atoms with E-state index in [0.717, 1.165) is 22.0 Å². The second-order valence-corrected chi connectivity index (χ2v) is 4.09. The number of carboxylic acids is 1. The summed E-state index contributed by atoms with van der Waals surface area (Å²) in [7, 11) is 1.42. The van der Waals surface area contributed by atoms with Crippen LogP contribution in [0.4, 0.5) is 0 Å². The minimum atomic E-state index is -1.01. The molecule has 94 valence electrons. The van der Waals surface area contributed by atoms with Gasteiger partial charge in [-0.05, 0) is 25.0 Å². The number of rotatable bonds is 3. The normalized spacial score (nSPS) is 11.3. The Morgan fingerprint density at radius 1 is 1.39 bits per heavy atom. The fraction of sp³-hybridized carbons (Fsp3) is 0.231. The molecule has 1 aromatic carbocycles. The molecule has 0 amide bonds. The first kappa shape index (κ1) is 12.2. The van der Waals surface area contributed by atoms with Crippen LogP contribution in [0.15, 0.2) is 17.3 Å². The van der Waals surface area contributed by atoms with Gasteiger partial charge in [0.2, 0.25) is 0 Å². The highest BCUT2D eigenvalue weighted by Crippen LogP contribution is 2.27. The first-order chi connectivity index (χ1) is 8.56. The van der Waals surface area contributed by atoms with Crippen LogP contribution in [0.3, 0.4) is 0 Å². The van der Waals surface area contributed by atoms with E-state index in [-0.39, 0.29) is 5.69 Å². The third kappa shape index (κ3) is 1.84. The van der Waals surface area contributed by atoms with Crippen molar-refractivity contribution < 1.29 is 14.7 Å². The Kier molecular flexibility index (Phi) is 3.06. The summed E-state index contributed by atoms with van der Waals surface area (Å²) in [5, 5.41) is 13.8. The predicted octanol–water partition coefficient (Wildman–Crippen LogP) is 2.46. The summed E-state index contributed by atoms with van der Waals surface area (Å²) in [4.78, 5) is 18.8. The van der Waals surface area contributed by atoms with Crippen molar-refractivity contribution in [1.82, 2.24) is 4.98 Å². The van der Waals surface area contributed by atoms with Crippen molar-refractivity contribution in [2.24, 2.45) is 5.16 Å². The molecule has 5 nitrogen and oxygen atoms in total. The van der Waals surface area contributed by atoms with E-state index < -0.39 is 5.97 Å². The highest BCUT2D eigenvalue weighted by molar-refractivity contribution is 6.10. The minimum Gasteiger partial charge on any atom is -0.477 e. The number of carboxylic acid groups (broad SMARTS) is 1. The van der Waals surface area contributed by atoms with E-state index >= 15 is 0 Å². The smallest absolute Gasteiger partial charge is 0.353 e. The first-order valence-corrected chi connectivity index (χ1v) is 5.48. The number of benzene rings is 1. The SMILES string of the molecule is CON=Cc1c(C(=O)O)[nH]c2c(C)ccc(C)c12. The lowest BCUT2D eigenvalue weighted by atomic mass is 10.0. The monoisotopic (exact) mass is 246 g/mol. The molecule has 0 spiro atoms. The zero-order valence-electron chi connectivity index (χ0n) is 10.4. The van der Waals surface area contributed by atoms with E-state index in [1.54, 1.807) is 0 Å². The van der Waals surface area contributed by atoms with E-state index in [1.165, 1.54) is 13.3 Å². The molecular formula is C13H14N2O3. The molecule has 0 saturated heterocycles. The number of hydrogen-bond donors (Lipinski definition) is 2. The lowest BCUT2D eigenvalue weighted by molar-refractivity contribution is 0.0691. The minimum absolute atomic E-state index is 0.128. The molecule has 0 unspecified atom stereocenters. The number of aryl methyl sites for hydroxylation is 2. The van der Waals surface area contributed by atoms with Crippen molar-refractivity contribution in [3.8, 4) is 0 Å². The second-order valence-electron chi connectivity index (χ2n) is 4.09. The van der Waals surface area contributed by atoms with Crippen LogP contribution in [0.1, 0.15) is 27.2 Å². The van der Waals surface area contributed by atoms with Crippen molar-refractivity contribution in [3.05, 3.63) is 34.5 Å². The summed E-state index contributed by atoms with van der Waals surface area (Å²) < 4.78 is 0. The summed E-state index contributed by atoms with van der Waals surface area (Å²) in [5.74, 6) is -1.01. The topological polar surface area (TPSA) is 74.7 Å². The van der Waals surface area contributed by atoms with Crippen LogP contribution in [0, 0.1) is 13.8 Å². The molecule has 0 bridgehead atoms. The Morgan fingerprint density at radius 2 is 2.06 bits per heavy atom. The number of carbonyl (C=O) groups is 1. The molecule has 0 aliphatic heterocycles. The second kappa shape index (κ2) is 4.52. The zero-order chi connectivity index (χ0) is 13.3. The lowest BCUT2D eigenvalue weighted by Crippen LogP contribution is -2.00. The molecule has 2 rings (SSSR count). The van der Waals surface area contributed by atoms with Crippen LogP contribution < -0.4 is 0 Å². The lowest BCUT2D eigenvalue weighted by Gasteiger charge is -2.00. The maximum Gasteiger partial charge on any atom is 0.353 e. The Labute approximate surface area is 104 Å². The Hall–Kier alpha value is -2.30. The van der Waals surface area contributed by atoms with Gasteiger partial charge in [-0.25, -0.2) is 4.79 Å². The average Bonchev–Trinajstić information content (AvgIpc) is 2.72. The van der Waals surface area contributed by atoms with Gasteiger partial charge < -0.3 is 14.9 Å². The van der Waals surface area contributed by atoms with E-state index in [2.05, 4.69) is 15.0 Å². The molecule has 0 atom stereocenters. The predicted molar refractivity (Wildman–Crippen MR) is 69.3 cm³/mol. The fourth-order valence-corrected chi connectivity index (χ4v) is 2.04. The summed E-state index contributed by atoms with van der Waals surface area (Å²) in [6, 6.07) is 3.92. The highest BCUT2D eigenvalue weighted by Gasteiger charge is 2.18. The number of hydrogen-bond acceptors (Lipinski definition) is 3.